The average molecular weight is 437 g/mol. The van der Waals surface area contributed by atoms with Crippen molar-refractivity contribution in [3.8, 4) is 16.3 Å². The molecule has 1 aliphatic rings. The maximum Gasteiger partial charge on any atom is 0.350 e. The predicted octanol–water partition coefficient (Wildman–Crippen LogP) is 4.48. The van der Waals surface area contributed by atoms with Gasteiger partial charge in [0, 0.05) is 18.2 Å². The summed E-state index contributed by atoms with van der Waals surface area (Å²) in [6.07, 6.45) is 1.95. The van der Waals surface area contributed by atoms with Crippen LogP contribution in [0.25, 0.3) is 10.6 Å². The molecule has 3 aromatic rings. The van der Waals surface area contributed by atoms with Gasteiger partial charge in [0.2, 0.25) is 0 Å². The number of hydrogen-bond acceptors (Lipinski definition) is 6. The zero-order valence-electron chi connectivity index (χ0n) is 17.5. The lowest BCUT2D eigenvalue weighted by molar-refractivity contribution is -0.135. The van der Waals surface area contributed by atoms with Crippen LogP contribution < -0.4 is 4.74 Å². The third-order valence-electron chi connectivity index (χ3n) is 5.15. The Morgan fingerprint density at radius 1 is 1.10 bits per heavy atom. The third-order valence-corrected chi connectivity index (χ3v) is 6.34. The lowest BCUT2D eigenvalue weighted by Crippen LogP contribution is -2.36. The Balaban J connectivity index is 1.38. The second-order valence-electron chi connectivity index (χ2n) is 7.48. The molecule has 0 bridgehead atoms. The van der Waals surface area contributed by atoms with Gasteiger partial charge in [-0.3, -0.25) is 4.79 Å². The molecule has 1 saturated carbocycles. The summed E-state index contributed by atoms with van der Waals surface area (Å²) in [6.45, 7) is 1.99. The lowest BCUT2D eigenvalue weighted by Gasteiger charge is -2.22. The quantitative estimate of drug-likeness (QED) is 0.487. The van der Waals surface area contributed by atoms with Gasteiger partial charge in [0.25, 0.3) is 5.91 Å². The van der Waals surface area contributed by atoms with Crippen LogP contribution >= 0.6 is 11.3 Å². The first-order valence-corrected chi connectivity index (χ1v) is 11.0. The van der Waals surface area contributed by atoms with Gasteiger partial charge in [-0.05, 0) is 37.5 Å². The molecular weight excluding hydrogens is 412 g/mol. The summed E-state index contributed by atoms with van der Waals surface area (Å²) in [4.78, 5) is 32.1. The number of benzene rings is 2. The molecule has 1 aliphatic carbocycles. The van der Waals surface area contributed by atoms with E-state index in [1.165, 1.54) is 11.3 Å². The van der Waals surface area contributed by atoms with Crippen LogP contribution in [0.1, 0.15) is 33.8 Å². The van der Waals surface area contributed by atoms with Crippen LogP contribution in [0.5, 0.6) is 5.75 Å². The minimum absolute atomic E-state index is 0.183. The number of nitrogens with zero attached hydrogens (tertiary/aromatic N) is 2. The zero-order valence-corrected chi connectivity index (χ0v) is 18.4. The van der Waals surface area contributed by atoms with Gasteiger partial charge in [-0.15, -0.1) is 11.3 Å². The number of rotatable bonds is 8. The Morgan fingerprint density at radius 3 is 2.45 bits per heavy atom. The largest absolute Gasteiger partial charge is 0.497 e. The van der Waals surface area contributed by atoms with Crippen LogP contribution in [0.15, 0.2) is 54.6 Å². The smallest absolute Gasteiger partial charge is 0.350 e. The third kappa shape index (κ3) is 5.11. The zero-order chi connectivity index (χ0) is 21.8. The monoisotopic (exact) mass is 436 g/mol. The Hall–Kier alpha value is -3.19. The van der Waals surface area contributed by atoms with Crippen molar-refractivity contribution >= 4 is 23.2 Å². The average Bonchev–Trinajstić information content (AvgIpc) is 3.57. The molecule has 6 nitrogen and oxygen atoms in total. The topological polar surface area (TPSA) is 68.7 Å². The normalized spacial score (nSPS) is 13.0. The molecule has 0 N–H and O–H groups in total. The van der Waals surface area contributed by atoms with E-state index in [0.29, 0.717) is 17.1 Å². The molecule has 1 fully saturated rings. The van der Waals surface area contributed by atoms with Gasteiger partial charge in [-0.25, -0.2) is 9.78 Å². The van der Waals surface area contributed by atoms with Gasteiger partial charge in [0.15, 0.2) is 6.61 Å². The van der Waals surface area contributed by atoms with Crippen molar-refractivity contribution in [3.63, 3.8) is 0 Å². The van der Waals surface area contributed by atoms with Gasteiger partial charge in [-0.2, -0.15) is 0 Å². The molecule has 0 radical (unpaired) electrons. The number of aromatic nitrogens is 1. The summed E-state index contributed by atoms with van der Waals surface area (Å²) in [5, 5.41) is 0.760. The molecule has 31 heavy (non-hydrogen) atoms. The van der Waals surface area contributed by atoms with Crippen LogP contribution in [0, 0.1) is 6.92 Å². The molecule has 1 amide bonds. The summed E-state index contributed by atoms with van der Waals surface area (Å²) in [5.41, 5.74) is 2.57. The number of methoxy groups -OCH3 is 1. The maximum absolute atomic E-state index is 12.8. The van der Waals surface area contributed by atoms with Gasteiger partial charge < -0.3 is 14.4 Å². The molecule has 7 heteroatoms. The van der Waals surface area contributed by atoms with E-state index < -0.39 is 5.97 Å². The van der Waals surface area contributed by atoms with E-state index in [4.69, 9.17) is 9.47 Å². The predicted molar refractivity (Wildman–Crippen MR) is 119 cm³/mol. The van der Waals surface area contributed by atoms with Gasteiger partial charge in [-0.1, -0.05) is 42.5 Å². The Labute approximate surface area is 185 Å². The van der Waals surface area contributed by atoms with Crippen LogP contribution in [-0.4, -0.2) is 41.5 Å². The van der Waals surface area contributed by atoms with E-state index in [1.54, 1.807) is 18.9 Å². The molecule has 1 heterocycles. The molecule has 0 spiro atoms. The summed E-state index contributed by atoms with van der Waals surface area (Å²) < 4.78 is 10.6. The number of aryl methyl sites for hydroxylation is 1. The summed E-state index contributed by atoms with van der Waals surface area (Å²) in [6, 6.07) is 17.5. The number of hydrogen-bond donors (Lipinski definition) is 0. The van der Waals surface area contributed by atoms with Crippen molar-refractivity contribution < 1.29 is 19.1 Å². The minimum Gasteiger partial charge on any atom is -0.497 e. The first-order chi connectivity index (χ1) is 15.0. The molecule has 0 saturated heterocycles. The van der Waals surface area contributed by atoms with Gasteiger partial charge >= 0.3 is 5.97 Å². The molecule has 4 rings (SSSR count). The summed E-state index contributed by atoms with van der Waals surface area (Å²) >= 11 is 1.28. The number of thiazole rings is 1. The van der Waals surface area contributed by atoms with Crippen molar-refractivity contribution in [3.05, 3.63) is 70.7 Å². The highest BCUT2D eigenvalue weighted by Gasteiger charge is 2.33. The van der Waals surface area contributed by atoms with Crippen LogP contribution in [-0.2, 0) is 16.1 Å². The fraction of sp³-hybridized carbons (Fsp3) is 0.292. The van der Waals surface area contributed by atoms with Crippen LogP contribution in [0.3, 0.4) is 0 Å². The molecule has 2 aromatic carbocycles. The summed E-state index contributed by atoms with van der Waals surface area (Å²) in [7, 11) is 1.62. The number of carbonyl (C=O) groups excluding carboxylic acids is 2. The highest BCUT2D eigenvalue weighted by Crippen LogP contribution is 2.30. The Kier molecular flexibility index (Phi) is 6.32. The van der Waals surface area contributed by atoms with E-state index in [9.17, 15) is 9.59 Å². The molecule has 0 aliphatic heterocycles. The van der Waals surface area contributed by atoms with Crippen molar-refractivity contribution in [2.75, 3.05) is 13.7 Å². The lowest BCUT2D eigenvalue weighted by atomic mass is 10.2. The maximum atomic E-state index is 12.8. The molecule has 1 aromatic heterocycles. The Morgan fingerprint density at radius 2 is 1.81 bits per heavy atom. The standard InChI is InChI=1S/C24H24N2O4S/c1-16-22(31-23(25-16)18-6-4-3-5-7-18)24(28)30-15-21(27)26(19-10-11-19)14-17-8-12-20(29-2)13-9-17/h3-9,12-13,19H,10-11,14-15H2,1-2H3. The minimum atomic E-state index is -0.509. The highest BCUT2D eigenvalue weighted by atomic mass is 32.1. The van der Waals surface area contributed by atoms with Crippen molar-refractivity contribution in [2.24, 2.45) is 0 Å². The first kappa shape index (κ1) is 21.1. The van der Waals surface area contributed by atoms with E-state index in [2.05, 4.69) is 4.98 Å². The number of amides is 1. The number of carbonyl (C=O) groups is 2. The van der Waals surface area contributed by atoms with Crippen molar-refractivity contribution in [1.29, 1.82) is 0 Å². The summed E-state index contributed by atoms with van der Waals surface area (Å²) in [5.74, 6) is 0.0830. The SMILES string of the molecule is COc1ccc(CN(C(=O)COC(=O)c2sc(-c3ccccc3)nc2C)C2CC2)cc1. The van der Waals surface area contributed by atoms with Crippen molar-refractivity contribution in [1.82, 2.24) is 9.88 Å². The van der Waals surface area contributed by atoms with E-state index in [-0.39, 0.29) is 18.6 Å². The van der Waals surface area contributed by atoms with E-state index in [1.807, 2.05) is 54.6 Å². The second kappa shape index (κ2) is 9.31. The van der Waals surface area contributed by atoms with Gasteiger partial charge in [0.1, 0.15) is 15.6 Å². The van der Waals surface area contributed by atoms with Crippen LogP contribution in [0.2, 0.25) is 0 Å². The number of esters is 1. The molecule has 160 valence electrons. The van der Waals surface area contributed by atoms with E-state index >= 15 is 0 Å². The first-order valence-electron chi connectivity index (χ1n) is 10.2. The molecular formula is C24H24N2O4S. The number of ether oxygens (including phenoxy) is 2. The fourth-order valence-electron chi connectivity index (χ4n) is 3.30. The molecule has 0 unspecified atom stereocenters. The highest BCUT2D eigenvalue weighted by molar-refractivity contribution is 7.17. The Bertz CT molecular complexity index is 1060. The second-order valence-corrected chi connectivity index (χ2v) is 8.48. The van der Waals surface area contributed by atoms with Crippen LogP contribution in [0.4, 0.5) is 0 Å². The van der Waals surface area contributed by atoms with Gasteiger partial charge in [0.05, 0.1) is 12.8 Å². The van der Waals surface area contributed by atoms with E-state index in [0.717, 1.165) is 34.7 Å². The van der Waals surface area contributed by atoms with Crippen molar-refractivity contribution in [2.45, 2.75) is 32.4 Å². The molecule has 0 atom stereocenters. The fourth-order valence-corrected chi connectivity index (χ4v) is 4.27.